The van der Waals surface area contributed by atoms with Crippen LogP contribution in [-0.4, -0.2) is 53.9 Å². The molecule has 1 amide bonds. The topological polar surface area (TPSA) is 80.5 Å². The van der Waals surface area contributed by atoms with Crippen LogP contribution in [-0.2, 0) is 16.1 Å². The highest BCUT2D eigenvalue weighted by Gasteiger charge is 2.19. The van der Waals surface area contributed by atoms with E-state index in [1.54, 1.807) is 18.4 Å². The molecule has 1 fully saturated rings. The van der Waals surface area contributed by atoms with Gasteiger partial charge in [0.15, 0.2) is 0 Å². The Balaban J connectivity index is 1.55. The summed E-state index contributed by atoms with van der Waals surface area (Å²) < 4.78 is 10.9. The lowest BCUT2D eigenvalue weighted by Crippen LogP contribution is -2.43. The Hall–Kier alpha value is -1.77. The average molecular weight is 378 g/mol. The summed E-state index contributed by atoms with van der Waals surface area (Å²) in [6.45, 7) is 1.91. The van der Waals surface area contributed by atoms with E-state index in [0.29, 0.717) is 44.1 Å². The van der Waals surface area contributed by atoms with Gasteiger partial charge in [0.25, 0.3) is 5.89 Å². The van der Waals surface area contributed by atoms with Crippen molar-refractivity contribution in [3.8, 4) is 10.8 Å². The highest BCUT2D eigenvalue weighted by Crippen LogP contribution is 2.23. The number of nitrogens with one attached hydrogen (secondary N) is 1. The van der Waals surface area contributed by atoms with Crippen molar-refractivity contribution < 1.29 is 13.9 Å². The number of amides is 1. The van der Waals surface area contributed by atoms with Gasteiger partial charge in [-0.3, -0.25) is 9.69 Å². The number of hydrogen-bond acceptors (Lipinski definition) is 7. The van der Waals surface area contributed by atoms with Crippen LogP contribution in [0, 0.1) is 0 Å². The Bertz CT molecular complexity index is 668. The molecule has 142 valence electrons. The molecule has 0 atom stereocenters. The van der Waals surface area contributed by atoms with Gasteiger partial charge in [-0.2, -0.15) is 0 Å². The van der Waals surface area contributed by atoms with Crippen LogP contribution in [0.2, 0.25) is 0 Å². The molecule has 0 saturated heterocycles. The molecule has 2 aromatic heterocycles. The lowest BCUT2D eigenvalue weighted by molar-refractivity contribution is -0.123. The third-order valence-electron chi connectivity index (χ3n) is 4.51. The van der Waals surface area contributed by atoms with Gasteiger partial charge in [-0.05, 0) is 24.3 Å². The number of nitrogens with zero attached hydrogens (tertiary/aromatic N) is 3. The van der Waals surface area contributed by atoms with E-state index in [1.807, 2.05) is 22.4 Å². The first-order chi connectivity index (χ1) is 12.7. The summed E-state index contributed by atoms with van der Waals surface area (Å²) in [6, 6.07) is 4.21. The van der Waals surface area contributed by atoms with Crippen molar-refractivity contribution in [2.24, 2.45) is 0 Å². The average Bonchev–Trinajstić information content (AvgIpc) is 3.32. The molecule has 1 aliphatic rings. The second-order valence-electron chi connectivity index (χ2n) is 6.58. The summed E-state index contributed by atoms with van der Waals surface area (Å²) in [6.07, 6.45) is 5.84. The maximum absolute atomic E-state index is 12.4. The number of aromatic nitrogens is 2. The Morgan fingerprint density at radius 3 is 2.96 bits per heavy atom. The molecule has 1 N–H and O–H groups in total. The van der Waals surface area contributed by atoms with Crippen molar-refractivity contribution in [2.75, 3.05) is 26.8 Å². The highest BCUT2D eigenvalue weighted by atomic mass is 32.1. The number of ether oxygens (including phenoxy) is 1. The Labute approximate surface area is 157 Å². The normalized spacial score (nSPS) is 15.5. The smallest absolute Gasteiger partial charge is 0.257 e. The standard InChI is InChI=1S/C18H26N4O3S/c1-24-10-9-22(12-16(23)19-14-6-3-2-4-7-14)13-17-20-21-18(25-17)15-8-5-11-26-15/h5,8,11,14H,2-4,6-7,9-10,12-13H2,1H3,(H,19,23). The summed E-state index contributed by atoms with van der Waals surface area (Å²) in [5, 5.41) is 13.3. The first-order valence-electron chi connectivity index (χ1n) is 9.11. The van der Waals surface area contributed by atoms with Crippen molar-refractivity contribution in [1.82, 2.24) is 20.4 Å². The predicted octanol–water partition coefficient (Wildman–Crippen LogP) is 2.70. The van der Waals surface area contributed by atoms with E-state index in [-0.39, 0.29) is 5.91 Å². The molecule has 0 aliphatic heterocycles. The fourth-order valence-corrected chi connectivity index (χ4v) is 3.81. The second kappa shape index (κ2) is 9.80. The molecular weight excluding hydrogens is 352 g/mol. The second-order valence-corrected chi connectivity index (χ2v) is 7.53. The molecular formula is C18H26N4O3S. The molecule has 0 bridgehead atoms. The summed E-state index contributed by atoms with van der Waals surface area (Å²) in [5.41, 5.74) is 0. The summed E-state index contributed by atoms with van der Waals surface area (Å²) in [5.74, 6) is 1.08. The number of carbonyl (C=O) groups excluding carboxylic acids is 1. The van der Waals surface area contributed by atoms with Crippen molar-refractivity contribution in [3.63, 3.8) is 0 Å². The summed E-state index contributed by atoms with van der Waals surface area (Å²) >= 11 is 1.56. The van der Waals surface area contributed by atoms with Crippen LogP contribution in [0.3, 0.4) is 0 Å². The molecule has 2 aromatic rings. The van der Waals surface area contributed by atoms with Crippen LogP contribution in [0.1, 0.15) is 38.0 Å². The van der Waals surface area contributed by atoms with Crippen molar-refractivity contribution >= 4 is 17.2 Å². The van der Waals surface area contributed by atoms with Gasteiger partial charge in [-0.25, -0.2) is 0 Å². The number of carbonyl (C=O) groups is 1. The maximum Gasteiger partial charge on any atom is 0.257 e. The van der Waals surface area contributed by atoms with Gasteiger partial charge in [0, 0.05) is 19.7 Å². The quantitative estimate of drug-likeness (QED) is 0.723. The van der Waals surface area contributed by atoms with Crippen molar-refractivity contribution in [3.05, 3.63) is 23.4 Å². The van der Waals surface area contributed by atoms with Gasteiger partial charge in [-0.1, -0.05) is 25.3 Å². The first-order valence-corrected chi connectivity index (χ1v) is 9.99. The SMILES string of the molecule is COCCN(CC(=O)NC1CCCCC1)Cc1nnc(-c2cccs2)o1. The Morgan fingerprint density at radius 2 is 2.23 bits per heavy atom. The fourth-order valence-electron chi connectivity index (χ4n) is 3.17. The lowest BCUT2D eigenvalue weighted by Gasteiger charge is -2.25. The zero-order chi connectivity index (χ0) is 18.2. The fraction of sp³-hybridized carbons (Fsp3) is 0.611. The molecule has 0 spiro atoms. The molecule has 1 saturated carbocycles. The molecule has 2 heterocycles. The van der Waals surface area contributed by atoms with E-state index in [2.05, 4.69) is 15.5 Å². The van der Waals surface area contributed by atoms with E-state index in [0.717, 1.165) is 17.7 Å². The third-order valence-corrected chi connectivity index (χ3v) is 5.36. The minimum atomic E-state index is 0.0472. The van der Waals surface area contributed by atoms with Gasteiger partial charge in [0.2, 0.25) is 11.8 Å². The van der Waals surface area contributed by atoms with Crippen LogP contribution in [0.5, 0.6) is 0 Å². The number of rotatable bonds is 9. The van der Waals surface area contributed by atoms with Crippen LogP contribution in [0.4, 0.5) is 0 Å². The van der Waals surface area contributed by atoms with Crippen LogP contribution in [0.15, 0.2) is 21.9 Å². The molecule has 7 nitrogen and oxygen atoms in total. The van der Waals surface area contributed by atoms with Gasteiger partial charge in [0.05, 0.1) is 24.6 Å². The maximum atomic E-state index is 12.4. The minimum absolute atomic E-state index is 0.0472. The summed E-state index contributed by atoms with van der Waals surface area (Å²) in [7, 11) is 1.65. The van der Waals surface area contributed by atoms with Gasteiger partial charge in [0.1, 0.15) is 0 Å². The highest BCUT2D eigenvalue weighted by molar-refractivity contribution is 7.13. The molecule has 0 radical (unpaired) electrons. The largest absolute Gasteiger partial charge is 0.419 e. The van der Waals surface area contributed by atoms with Crippen molar-refractivity contribution in [2.45, 2.75) is 44.7 Å². The van der Waals surface area contributed by atoms with E-state index >= 15 is 0 Å². The Kier molecular flexibility index (Phi) is 7.16. The van der Waals surface area contributed by atoms with Crippen LogP contribution < -0.4 is 5.32 Å². The Morgan fingerprint density at radius 1 is 1.38 bits per heavy atom. The monoisotopic (exact) mass is 378 g/mol. The molecule has 1 aliphatic carbocycles. The zero-order valence-electron chi connectivity index (χ0n) is 15.1. The lowest BCUT2D eigenvalue weighted by atomic mass is 9.95. The molecule has 0 unspecified atom stereocenters. The van der Waals surface area contributed by atoms with Crippen molar-refractivity contribution in [1.29, 1.82) is 0 Å². The molecule has 26 heavy (non-hydrogen) atoms. The number of thiophene rings is 1. The van der Waals surface area contributed by atoms with Gasteiger partial charge < -0.3 is 14.5 Å². The first kappa shape index (κ1) is 19.0. The third kappa shape index (κ3) is 5.62. The van der Waals surface area contributed by atoms with E-state index in [4.69, 9.17) is 9.15 Å². The van der Waals surface area contributed by atoms with Gasteiger partial charge in [-0.15, -0.1) is 21.5 Å². The van der Waals surface area contributed by atoms with E-state index < -0.39 is 0 Å². The molecule has 3 rings (SSSR count). The number of methoxy groups -OCH3 is 1. The molecule has 0 aromatic carbocycles. The van der Waals surface area contributed by atoms with Gasteiger partial charge >= 0.3 is 0 Å². The number of hydrogen-bond donors (Lipinski definition) is 1. The molecule has 8 heteroatoms. The minimum Gasteiger partial charge on any atom is -0.419 e. The zero-order valence-corrected chi connectivity index (χ0v) is 16.0. The van der Waals surface area contributed by atoms with Crippen LogP contribution >= 0.6 is 11.3 Å². The summed E-state index contributed by atoms with van der Waals surface area (Å²) in [4.78, 5) is 15.3. The van der Waals surface area contributed by atoms with E-state index in [1.165, 1.54) is 19.3 Å². The van der Waals surface area contributed by atoms with Crippen LogP contribution in [0.25, 0.3) is 10.8 Å². The van der Waals surface area contributed by atoms with E-state index in [9.17, 15) is 4.79 Å². The predicted molar refractivity (Wildman–Crippen MR) is 99.8 cm³/mol.